The van der Waals surface area contributed by atoms with Crippen molar-refractivity contribution in [1.82, 2.24) is 4.90 Å². The number of carbonyl (C=O) groups is 1. The van der Waals surface area contributed by atoms with E-state index in [9.17, 15) is 9.90 Å². The number of benzene rings is 2. The second-order valence-electron chi connectivity index (χ2n) is 7.19. The van der Waals surface area contributed by atoms with Gasteiger partial charge in [-0.3, -0.25) is 9.69 Å². The molecule has 1 heterocycles. The number of ether oxygens (including phenoxy) is 1. The molecule has 1 saturated heterocycles. The highest BCUT2D eigenvalue weighted by Gasteiger charge is 2.23. The molecule has 0 atom stereocenters. The van der Waals surface area contributed by atoms with E-state index in [1.807, 2.05) is 25.1 Å². The molecule has 0 radical (unpaired) electrons. The van der Waals surface area contributed by atoms with E-state index in [1.54, 1.807) is 18.2 Å². The number of allylic oxidation sites excluding steroid dienone is 1. The van der Waals surface area contributed by atoms with E-state index in [4.69, 9.17) is 16.3 Å². The first-order valence-corrected chi connectivity index (χ1v) is 9.97. The number of piperidine rings is 1. The number of aryl methyl sites for hydroxylation is 1. The van der Waals surface area contributed by atoms with Crippen LogP contribution in [0.1, 0.15) is 46.3 Å². The van der Waals surface area contributed by atoms with Gasteiger partial charge in [0.1, 0.15) is 17.1 Å². The number of phenolic OH excluding ortho intramolecular Hbond substituents is 1. The molecule has 4 nitrogen and oxygen atoms in total. The lowest BCUT2D eigenvalue weighted by Gasteiger charge is -2.28. The molecule has 0 bridgehead atoms. The SMILES string of the molecule is COc1cc(C)c(CN2CCCCC2)c(O)c1C(=O)/C=C/c1cccc(Cl)c1. The minimum atomic E-state index is -0.297. The van der Waals surface area contributed by atoms with Crippen molar-refractivity contribution in [3.05, 3.63) is 63.7 Å². The van der Waals surface area contributed by atoms with Crippen LogP contribution >= 0.6 is 11.6 Å². The van der Waals surface area contributed by atoms with Gasteiger partial charge in [-0.25, -0.2) is 0 Å². The second-order valence-corrected chi connectivity index (χ2v) is 7.62. The van der Waals surface area contributed by atoms with Crippen molar-refractivity contribution < 1.29 is 14.6 Å². The number of hydrogen-bond donors (Lipinski definition) is 1. The van der Waals surface area contributed by atoms with Gasteiger partial charge in [-0.1, -0.05) is 36.2 Å². The van der Waals surface area contributed by atoms with E-state index < -0.39 is 0 Å². The lowest BCUT2D eigenvalue weighted by Crippen LogP contribution is -2.29. The van der Waals surface area contributed by atoms with Gasteiger partial charge in [-0.2, -0.15) is 0 Å². The summed E-state index contributed by atoms with van der Waals surface area (Å²) in [5.41, 5.74) is 2.75. The maximum atomic E-state index is 12.9. The first-order chi connectivity index (χ1) is 13.5. The molecule has 28 heavy (non-hydrogen) atoms. The predicted octanol–water partition coefficient (Wildman–Crippen LogP) is 5.24. The maximum Gasteiger partial charge on any atom is 0.193 e. The molecule has 2 aromatic rings. The normalized spacial score (nSPS) is 15.1. The Balaban J connectivity index is 1.91. The summed E-state index contributed by atoms with van der Waals surface area (Å²) < 4.78 is 5.39. The summed E-state index contributed by atoms with van der Waals surface area (Å²) in [6.45, 7) is 4.61. The van der Waals surface area contributed by atoms with Crippen LogP contribution in [0.25, 0.3) is 6.08 Å². The molecule has 1 aliphatic heterocycles. The van der Waals surface area contributed by atoms with E-state index >= 15 is 0 Å². The quantitative estimate of drug-likeness (QED) is 0.532. The molecule has 148 valence electrons. The summed E-state index contributed by atoms with van der Waals surface area (Å²) in [6.07, 6.45) is 6.73. The monoisotopic (exact) mass is 399 g/mol. The summed E-state index contributed by atoms with van der Waals surface area (Å²) >= 11 is 6.00. The van der Waals surface area contributed by atoms with Gasteiger partial charge in [-0.05, 0) is 68.3 Å². The topological polar surface area (TPSA) is 49.8 Å². The van der Waals surface area contributed by atoms with Crippen molar-refractivity contribution in [2.75, 3.05) is 20.2 Å². The maximum absolute atomic E-state index is 12.9. The van der Waals surface area contributed by atoms with Crippen molar-refractivity contribution in [2.24, 2.45) is 0 Å². The first-order valence-electron chi connectivity index (χ1n) is 9.59. The molecule has 1 aliphatic rings. The number of halogens is 1. The summed E-state index contributed by atoms with van der Waals surface area (Å²) in [4.78, 5) is 15.2. The minimum absolute atomic E-state index is 0.0168. The summed E-state index contributed by atoms with van der Waals surface area (Å²) in [7, 11) is 1.51. The second kappa shape index (κ2) is 9.26. The molecule has 0 amide bonds. The average molecular weight is 400 g/mol. The zero-order chi connectivity index (χ0) is 20.1. The highest BCUT2D eigenvalue weighted by atomic mass is 35.5. The highest BCUT2D eigenvalue weighted by molar-refractivity contribution is 6.30. The lowest BCUT2D eigenvalue weighted by atomic mass is 9.97. The Morgan fingerprint density at radius 1 is 1.25 bits per heavy atom. The number of hydrogen-bond acceptors (Lipinski definition) is 4. The van der Waals surface area contributed by atoms with E-state index in [0.29, 0.717) is 17.3 Å². The minimum Gasteiger partial charge on any atom is -0.507 e. The van der Waals surface area contributed by atoms with Crippen LogP contribution in [0.3, 0.4) is 0 Å². The highest BCUT2D eigenvalue weighted by Crippen LogP contribution is 2.36. The van der Waals surface area contributed by atoms with Crippen molar-refractivity contribution in [2.45, 2.75) is 32.7 Å². The van der Waals surface area contributed by atoms with E-state index in [1.165, 1.54) is 32.4 Å². The van der Waals surface area contributed by atoms with Crippen molar-refractivity contribution in [3.8, 4) is 11.5 Å². The van der Waals surface area contributed by atoms with Crippen molar-refractivity contribution in [1.29, 1.82) is 0 Å². The van der Waals surface area contributed by atoms with Crippen LogP contribution in [-0.2, 0) is 6.54 Å². The number of nitrogens with zero attached hydrogens (tertiary/aromatic N) is 1. The van der Waals surface area contributed by atoms with Crippen LogP contribution in [0.4, 0.5) is 0 Å². The number of carbonyl (C=O) groups excluding carboxylic acids is 1. The molecular weight excluding hydrogens is 374 g/mol. The molecule has 0 unspecified atom stereocenters. The molecule has 3 rings (SSSR count). The predicted molar refractivity (Wildman–Crippen MR) is 113 cm³/mol. The van der Waals surface area contributed by atoms with E-state index in [-0.39, 0.29) is 17.1 Å². The number of phenols is 1. The third-order valence-corrected chi connectivity index (χ3v) is 5.40. The van der Waals surface area contributed by atoms with Gasteiger partial charge in [0, 0.05) is 17.1 Å². The van der Waals surface area contributed by atoms with E-state index in [0.717, 1.165) is 29.8 Å². The third-order valence-electron chi connectivity index (χ3n) is 5.17. The Morgan fingerprint density at radius 2 is 2.00 bits per heavy atom. The van der Waals surface area contributed by atoms with Gasteiger partial charge in [-0.15, -0.1) is 0 Å². The fraction of sp³-hybridized carbons (Fsp3) is 0.348. The van der Waals surface area contributed by atoms with Gasteiger partial charge in [0.05, 0.1) is 7.11 Å². The Labute approximate surface area is 171 Å². The number of ketones is 1. The number of likely N-dealkylation sites (tertiary alicyclic amines) is 1. The van der Waals surface area contributed by atoms with Crippen LogP contribution in [0.2, 0.25) is 5.02 Å². The van der Waals surface area contributed by atoms with Crippen LogP contribution in [0.15, 0.2) is 36.4 Å². The van der Waals surface area contributed by atoms with Crippen LogP contribution in [-0.4, -0.2) is 36.0 Å². The average Bonchev–Trinajstić information content (AvgIpc) is 2.69. The summed E-state index contributed by atoms with van der Waals surface area (Å²) in [5, 5.41) is 11.5. The van der Waals surface area contributed by atoms with E-state index in [2.05, 4.69) is 4.90 Å². The number of aromatic hydroxyl groups is 1. The van der Waals surface area contributed by atoms with Gasteiger partial charge >= 0.3 is 0 Å². The Morgan fingerprint density at radius 3 is 2.68 bits per heavy atom. The molecular formula is C23H26ClNO3. The number of methoxy groups -OCH3 is 1. The molecule has 5 heteroatoms. The first kappa shape index (κ1) is 20.4. The Hall–Kier alpha value is -2.30. The lowest BCUT2D eigenvalue weighted by molar-refractivity contribution is 0.104. The molecule has 0 aromatic heterocycles. The molecule has 0 saturated carbocycles. The van der Waals surface area contributed by atoms with Gasteiger partial charge in [0.25, 0.3) is 0 Å². The van der Waals surface area contributed by atoms with Crippen LogP contribution in [0, 0.1) is 6.92 Å². The zero-order valence-electron chi connectivity index (χ0n) is 16.4. The fourth-order valence-electron chi connectivity index (χ4n) is 3.62. The van der Waals surface area contributed by atoms with Crippen molar-refractivity contribution in [3.63, 3.8) is 0 Å². The smallest absolute Gasteiger partial charge is 0.193 e. The standard InChI is InChI=1S/C23H26ClNO3/c1-16-13-21(28-2)22(20(26)10-9-17-7-6-8-18(24)14-17)23(27)19(16)15-25-11-4-3-5-12-25/h6-10,13-14,27H,3-5,11-12,15H2,1-2H3/b10-9+. The Kier molecular flexibility index (Phi) is 6.76. The zero-order valence-corrected chi connectivity index (χ0v) is 17.1. The molecule has 1 fully saturated rings. The summed E-state index contributed by atoms with van der Waals surface area (Å²) in [5.74, 6) is 0.107. The number of rotatable bonds is 6. The van der Waals surface area contributed by atoms with Gasteiger partial charge in [0.2, 0.25) is 0 Å². The van der Waals surface area contributed by atoms with Crippen LogP contribution < -0.4 is 4.74 Å². The molecule has 0 spiro atoms. The fourth-order valence-corrected chi connectivity index (χ4v) is 3.81. The Bertz CT molecular complexity index is 886. The third kappa shape index (κ3) is 4.75. The van der Waals surface area contributed by atoms with Gasteiger partial charge < -0.3 is 9.84 Å². The van der Waals surface area contributed by atoms with Crippen molar-refractivity contribution >= 4 is 23.5 Å². The van der Waals surface area contributed by atoms with Crippen LogP contribution in [0.5, 0.6) is 11.5 Å². The van der Waals surface area contributed by atoms with Gasteiger partial charge in [0.15, 0.2) is 5.78 Å². The molecule has 2 aromatic carbocycles. The largest absolute Gasteiger partial charge is 0.507 e. The molecule has 1 N–H and O–H groups in total. The summed E-state index contributed by atoms with van der Waals surface area (Å²) in [6, 6.07) is 9.08. The molecule has 0 aliphatic carbocycles.